The van der Waals surface area contributed by atoms with Gasteiger partial charge in [-0.15, -0.1) is 0 Å². The highest BCUT2D eigenvalue weighted by atomic mass is 19.1. The summed E-state index contributed by atoms with van der Waals surface area (Å²) in [6, 6.07) is 1.23. The van der Waals surface area contributed by atoms with Crippen molar-refractivity contribution in [1.29, 1.82) is 0 Å². The number of halogens is 1. The van der Waals surface area contributed by atoms with Crippen LogP contribution in [0, 0.1) is 11.8 Å². The topological polar surface area (TPSA) is 3.24 Å². The Morgan fingerprint density at radius 2 is 1.94 bits per heavy atom. The fraction of sp³-hybridized carbons (Fsp3) is 0.867. The van der Waals surface area contributed by atoms with E-state index in [1.165, 1.54) is 5.57 Å². The summed E-state index contributed by atoms with van der Waals surface area (Å²) in [4.78, 5) is 2.56. The molecule has 98 valence electrons. The molecule has 2 aliphatic rings. The van der Waals surface area contributed by atoms with Crippen LogP contribution in [0.5, 0.6) is 0 Å². The molecule has 0 aromatic rings. The molecule has 17 heavy (non-hydrogen) atoms. The number of likely N-dealkylation sites (tertiary alicyclic amines) is 1. The third-order valence-electron chi connectivity index (χ3n) is 4.38. The molecule has 1 aliphatic carbocycles. The molecule has 2 heteroatoms. The number of hydrogen-bond donors (Lipinski definition) is 0. The summed E-state index contributed by atoms with van der Waals surface area (Å²) in [7, 11) is 0. The fourth-order valence-corrected chi connectivity index (χ4v) is 3.00. The summed E-state index contributed by atoms with van der Waals surface area (Å²) in [6.07, 6.45) is 4.09. The van der Waals surface area contributed by atoms with Gasteiger partial charge in [0, 0.05) is 24.5 Å². The highest BCUT2D eigenvalue weighted by Gasteiger charge is 2.50. The maximum atomic E-state index is 13.6. The zero-order chi connectivity index (χ0) is 12.8. The minimum atomic E-state index is -0.911. The molecule has 3 atom stereocenters. The van der Waals surface area contributed by atoms with E-state index < -0.39 is 5.67 Å². The van der Waals surface area contributed by atoms with Gasteiger partial charge in [-0.1, -0.05) is 25.5 Å². The van der Waals surface area contributed by atoms with Crippen LogP contribution in [-0.4, -0.2) is 29.2 Å². The Labute approximate surface area is 105 Å². The molecule has 2 fully saturated rings. The smallest absolute Gasteiger partial charge is 0.115 e. The summed E-state index contributed by atoms with van der Waals surface area (Å²) >= 11 is 0. The van der Waals surface area contributed by atoms with Crippen LogP contribution in [0.2, 0.25) is 0 Å². The summed E-state index contributed by atoms with van der Waals surface area (Å²) in [6.45, 7) is 11.9. The second kappa shape index (κ2) is 4.38. The Morgan fingerprint density at radius 1 is 1.35 bits per heavy atom. The van der Waals surface area contributed by atoms with Gasteiger partial charge in [0.25, 0.3) is 0 Å². The molecule has 2 rings (SSSR count). The van der Waals surface area contributed by atoms with Crippen LogP contribution >= 0.6 is 0 Å². The van der Waals surface area contributed by atoms with Crippen LogP contribution < -0.4 is 0 Å². The van der Waals surface area contributed by atoms with Crippen molar-refractivity contribution < 1.29 is 4.39 Å². The minimum absolute atomic E-state index is 0.192. The third-order valence-corrected chi connectivity index (χ3v) is 4.38. The van der Waals surface area contributed by atoms with Crippen LogP contribution in [0.25, 0.3) is 0 Å². The Morgan fingerprint density at radius 3 is 2.29 bits per heavy atom. The number of nitrogens with zero attached hydrogens (tertiary/aromatic N) is 1. The van der Waals surface area contributed by atoms with Gasteiger partial charge in [0.15, 0.2) is 0 Å². The maximum absolute atomic E-state index is 13.6. The molecular weight excluding hydrogens is 213 g/mol. The highest BCUT2D eigenvalue weighted by Crippen LogP contribution is 2.49. The average Bonchev–Trinajstić information content (AvgIpc) is 2.60. The molecule has 0 bridgehead atoms. The molecule has 1 heterocycles. The van der Waals surface area contributed by atoms with Gasteiger partial charge in [0.2, 0.25) is 0 Å². The first-order valence-corrected chi connectivity index (χ1v) is 6.95. The van der Waals surface area contributed by atoms with E-state index in [0.29, 0.717) is 18.0 Å². The molecule has 0 amide bonds. The molecule has 0 aromatic carbocycles. The zero-order valence-corrected chi connectivity index (χ0v) is 11.8. The lowest BCUT2D eigenvalue weighted by atomic mass is 9.99. The maximum Gasteiger partial charge on any atom is 0.115 e. The first-order valence-electron chi connectivity index (χ1n) is 6.95. The largest absolute Gasteiger partial charge is 0.293 e. The van der Waals surface area contributed by atoms with Crippen LogP contribution in [0.1, 0.15) is 47.5 Å². The van der Waals surface area contributed by atoms with Crippen molar-refractivity contribution in [3.63, 3.8) is 0 Å². The molecule has 1 nitrogen and oxygen atoms in total. The minimum Gasteiger partial charge on any atom is -0.293 e. The van der Waals surface area contributed by atoms with E-state index in [1.807, 2.05) is 0 Å². The second-order valence-corrected chi connectivity index (χ2v) is 6.70. The van der Waals surface area contributed by atoms with E-state index in [9.17, 15) is 4.39 Å². The van der Waals surface area contributed by atoms with E-state index in [-0.39, 0.29) is 5.92 Å². The summed E-state index contributed by atoms with van der Waals surface area (Å²) in [5.74, 6) is 0.872. The van der Waals surface area contributed by atoms with Gasteiger partial charge < -0.3 is 0 Å². The van der Waals surface area contributed by atoms with Gasteiger partial charge in [-0.05, 0) is 39.5 Å². The van der Waals surface area contributed by atoms with Crippen molar-refractivity contribution in [3.8, 4) is 0 Å². The van der Waals surface area contributed by atoms with Gasteiger partial charge in [-0.3, -0.25) is 4.90 Å². The van der Waals surface area contributed by atoms with Crippen LogP contribution in [-0.2, 0) is 0 Å². The van der Waals surface area contributed by atoms with Crippen molar-refractivity contribution in [2.45, 2.75) is 65.2 Å². The van der Waals surface area contributed by atoms with E-state index in [4.69, 9.17) is 0 Å². The number of rotatable bonds is 3. The Bertz CT molecular complexity index is 299. The monoisotopic (exact) mass is 239 g/mol. The Kier molecular flexibility index (Phi) is 3.37. The molecule has 1 saturated carbocycles. The zero-order valence-electron chi connectivity index (χ0n) is 11.8. The molecule has 3 unspecified atom stereocenters. The quantitative estimate of drug-likeness (QED) is 0.677. The summed E-state index contributed by atoms with van der Waals surface area (Å²) in [5.41, 5.74) is 0.551. The molecule has 0 spiro atoms. The SMILES string of the molecule is CC(C)C1C/C(=C/C2CC2(C)F)CN1C(C)C. The predicted molar refractivity (Wildman–Crippen MR) is 70.8 cm³/mol. The second-order valence-electron chi connectivity index (χ2n) is 6.70. The molecule has 0 radical (unpaired) electrons. The lowest BCUT2D eigenvalue weighted by Gasteiger charge is -2.30. The standard InChI is InChI=1S/C15H26FN/c1-10(2)14-7-12(9-17(14)11(3)4)6-13-8-15(13,5)16/h6,10-11,13-14H,7-9H2,1-5H3/b12-6-. The Hall–Kier alpha value is -0.370. The average molecular weight is 239 g/mol. The van der Waals surface area contributed by atoms with E-state index in [1.54, 1.807) is 6.92 Å². The van der Waals surface area contributed by atoms with Crippen LogP contribution in [0.15, 0.2) is 11.6 Å². The van der Waals surface area contributed by atoms with Gasteiger partial charge in [-0.25, -0.2) is 4.39 Å². The molecule has 0 N–H and O–H groups in total. The van der Waals surface area contributed by atoms with Crippen molar-refractivity contribution in [2.75, 3.05) is 6.54 Å². The highest BCUT2D eigenvalue weighted by molar-refractivity contribution is 5.22. The lowest BCUT2D eigenvalue weighted by Crippen LogP contribution is -2.38. The first kappa shape index (κ1) is 13.1. The predicted octanol–water partition coefficient (Wildman–Crippen LogP) is 3.80. The van der Waals surface area contributed by atoms with Gasteiger partial charge in [0.1, 0.15) is 5.67 Å². The molecule has 1 aliphatic heterocycles. The molecular formula is C15H26FN. The number of hydrogen-bond acceptors (Lipinski definition) is 1. The Balaban J connectivity index is 2.04. The summed E-state index contributed by atoms with van der Waals surface area (Å²) < 4.78 is 13.6. The van der Waals surface area contributed by atoms with Crippen molar-refractivity contribution >= 4 is 0 Å². The van der Waals surface area contributed by atoms with E-state index in [2.05, 4.69) is 38.7 Å². The van der Waals surface area contributed by atoms with Crippen molar-refractivity contribution in [3.05, 3.63) is 11.6 Å². The van der Waals surface area contributed by atoms with E-state index in [0.717, 1.165) is 19.4 Å². The van der Waals surface area contributed by atoms with E-state index >= 15 is 0 Å². The van der Waals surface area contributed by atoms with Gasteiger partial charge >= 0.3 is 0 Å². The molecule has 1 saturated heterocycles. The van der Waals surface area contributed by atoms with Crippen LogP contribution in [0.3, 0.4) is 0 Å². The molecule has 0 aromatic heterocycles. The first-order chi connectivity index (χ1) is 7.81. The third kappa shape index (κ3) is 2.73. The van der Waals surface area contributed by atoms with Crippen molar-refractivity contribution in [2.24, 2.45) is 11.8 Å². The number of alkyl halides is 1. The van der Waals surface area contributed by atoms with Crippen LogP contribution in [0.4, 0.5) is 4.39 Å². The van der Waals surface area contributed by atoms with Gasteiger partial charge in [-0.2, -0.15) is 0 Å². The normalized spacial score (nSPS) is 40.8. The number of allylic oxidation sites excluding steroid dienone is 1. The summed E-state index contributed by atoms with van der Waals surface area (Å²) in [5, 5.41) is 0. The van der Waals surface area contributed by atoms with Crippen molar-refractivity contribution in [1.82, 2.24) is 4.90 Å². The fourth-order valence-electron chi connectivity index (χ4n) is 3.00. The lowest BCUT2D eigenvalue weighted by molar-refractivity contribution is 0.166. The van der Waals surface area contributed by atoms with Gasteiger partial charge in [0.05, 0.1) is 0 Å².